The van der Waals surface area contributed by atoms with Crippen molar-refractivity contribution in [3.63, 3.8) is 0 Å². The smallest absolute Gasteiger partial charge is 0.323 e. The number of rotatable bonds is 6. The van der Waals surface area contributed by atoms with Gasteiger partial charge in [0.2, 0.25) is 5.91 Å². The lowest BCUT2D eigenvalue weighted by molar-refractivity contribution is -0.173. The first-order valence-corrected chi connectivity index (χ1v) is 8.59. The highest BCUT2D eigenvalue weighted by molar-refractivity contribution is 8.13. The molecule has 1 heterocycles. The van der Waals surface area contributed by atoms with E-state index < -0.39 is 42.4 Å². The number of carboxylic acid groups (broad SMARTS) is 1. The Balaban J connectivity index is 2.12. The van der Waals surface area contributed by atoms with Gasteiger partial charge in [0.05, 0.1) is 18.1 Å². The van der Waals surface area contributed by atoms with Crippen LogP contribution in [-0.2, 0) is 14.4 Å². The molecule has 2 N–H and O–H groups in total. The maximum absolute atomic E-state index is 12.5. The van der Waals surface area contributed by atoms with Gasteiger partial charge in [0.15, 0.2) is 5.12 Å². The SMILES string of the molecule is CC(O)C1C(=O)N(CC(=O)O)C1C(C)C(=O)Sc1ccc(Cl)cc1. The molecule has 1 aromatic carbocycles. The van der Waals surface area contributed by atoms with Gasteiger partial charge in [-0.1, -0.05) is 30.3 Å². The van der Waals surface area contributed by atoms with Gasteiger partial charge < -0.3 is 15.1 Å². The molecule has 8 heteroatoms. The van der Waals surface area contributed by atoms with E-state index >= 15 is 0 Å². The summed E-state index contributed by atoms with van der Waals surface area (Å²) in [7, 11) is 0. The molecule has 0 saturated carbocycles. The minimum Gasteiger partial charge on any atom is -0.480 e. The summed E-state index contributed by atoms with van der Waals surface area (Å²) in [6, 6.07) is 6.14. The molecular weight excluding hydrogens is 354 g/mol. The van der Waals surface area contributed by atoms with Crippen molar-refractivity contribution in [3.8, 4) is 0 Å². The zero-order valence-corrected chi connectivity index (χ0v) is 14.8. The summed E-state index contributed by atoms with van der Waals surface area (Å²) in [6.07, 6.45) is -0.941. The van der Waals surface area contributed by atoms with Crippen molar-refractivity contribution in [2.24, 2.45) is 11.8 Å². The topological polar surface area (TPSA) is 94.9 Å². The molecule has 2 rings (SSSR count). The van der Waals surface area contributed by atoms with Crippen LogP contribution >= 0.6 is 23.4 Å². The van der Waals surface area contributed by atoms with Crippen molar-refractivity contribution in [2.75, 3.05) is 6.54 Å². The number of benzene rings is 1. The minimum absolute atomic E-state index is 0.198. The molecule has 0 bridgehead atoms. The van der Waals surface area contributed by atoms with E-state index in [0.717, 1.165) is 16.7 Å². The molecule has 0 spiro atoms. The fourth-order valence-corrected chi connectivity index (χ4v) is 3.80. The van der Waals surface area contributed by atoms with Gasteiger partial charge in [0, 0.05) is 15.8 Å². The third-order valence-electron chi connectivity index (χ3n) is 4.04. The predicted octanol–water partition coefficient (Wildman–Crippen LogP) is 1.89. The van der Waals surface area contributed by atoms with E-state index in [0.29, 0.717) is 9.92 Å². The normalized spacial score (nSPS) is 22.7. The molecule has 0 radical (unpaired) electrons. The first-order valence-electron chi connectivity index (χ1n) is 7.40. The van der Waals surface area contributed by atoms with Crippen LogP contribution in [0.25, 0.3) is 0 Å². The minimum atomic E-state index is -1.15. The third kappa shape index (κ3) is 3.91. The van der Waals surface area contributed by atoms with Gasteiger partial charge >= 0.3 is 5.97 Å². The van der Waals surface area contributed by atoms with E-state index in [4.69, 9.17) is 16.7 Å². The van der Waals surface area contributed by atoms with Crippen LogP contribution in [0, 0.1) is 11.8 Å². The van der Waals surface area contributed by atoms with Crippen molar-refractivity contribution < 1.29 is 24.6 Å². The average Bonchev–Trinajstić information content (AvgIpc) is 2.50. The molecule has 1 fully saturated rings. The molecule has 0 aromatic heterocycles. The van der Waals surface area contributed by atoms with Crippen molar-refractivity contribution in [1.29, 1.82) is 0 Å². The zero-order valence-electron chi connectivity index (χ0n) is 13.2. The van der Waals surface area contributed by atoms with Gasteiger partial charge in [-0.3, -0.25) is 14.4 Å². The van der Waals surface area contributed by atoms with Crippen LogP contribution in [0.1, 0.15) is 13.8 Å². The van der Waals surface area contributed by atoms with Gasteiger partial charge in [-0.05, 0) is 31.2 Å². The van der Waals surface area contributed by atoms with E-state index in [1.54, 1.807) is 31.2 Å². The van der Waals surface area contributed by atoms with Crippen LogP contribution in [-0.4, -0.2) is 50.8 Å². The highest BCUT2D eigenvalue weighted by atomic mass is 35.5. The van der Waals surface area contributed by atoms with Crippen molar-refractivity contribution in [2.45, 2.75) is 30.9 Å². The maximum atomic E-state index is 12.5. The largest absolute Gasteiger partial charge is 0.480 e. The predicted molar refractivity (Wildman–Crippen MR) is 89.8 cm³/mol. The summed E-state index contributed by atoms with van der Waals surface area (Å²) in [4.78, 5) is 37.3. The Bertz CT molecular complexity index is 648. The van der Waals surface area contributed by atoms with Crippen LogP contribution in [0.3, 0.4) is 0 Å². The molecule has 1 saturated heterocycles. The Morgan fingerprint density at radius 2 is 1.88 bits per heavy atom. The van der Waals surface area contributed by atoms with E-state index in [1.807, 2.05) is 0 Å². The van der Waals surface area contributed by atoms with E-state index in [-0.39, 0.29) is 5.12 Å². The summed E-state index contributed by atoms with van der Waals surface area (Å²) in [6.45, 7) is 2.64. The number of hydrogen-bond donors (Lipinski definition) is 2. The number of aliphatic hydroxyl groups excluding tert-OH is 1. The lowest BCUT2D eigenvalue weighted by Crippen LogP contribution is -2.68. The Hall–Kier alpha value is -1.57. The maximum Gasteiger partial charge on any atom is 0.323 e. The average molecular weight is 372 g/mol. The third-order valence-corrected chi connectivity index (χ3v) is 5.37. The highest BCUT2D eigenvalue weighted by Gasteiger charge is 2.53. The molecule has 130 valence electrons. The number of carbonyl (C=O) groups is 3. The summed E-state index contributed by atoms with van der Waals surface area (Å²) < 4.78 is 0. The molecule has 1 aromatic rings. The number of amides is 1. The Kier molecular flexibility index (Phi) is 5.90. The second-order valence-electron chi connectivity index (χ2n) is 5.78. The molecule has 6 nitrogen and oxygen atoms in total. The Morgan fingerprint density at radius 3 is 2.38 bits per heavy atom. The molecule has 1 amide bonds. The summed E-state index contributed by atoms with van der Waals surface area (Å²) in [5.41, 5.74) is 0. The fourth-order valence-electron chi connectivity index (χ4n) is 2.85. The van der Waals surface area contributed by atoms with Gasteiger partial charge in [-0.25, -0.2) is 0 Å². The lowest BCUT2D eigenvalue weighted by Gasteiger charge is -2.49. The Labute approximate surface area is 148 Å². The second kappa shape index (κ2) is 7.55. The van der Waals surface area contributed by atoms with Gasteiger partial charge in [-0.2, -0.15) is 0 Å². The van der Waals surface area contributed by atoms with Crippen LogP contribution in [0.5, 0.6) is 0 Å². The molecule has 1 aliphatic rings. The van der Waals surface area contributed by atoms with Gasteiger partial charge in [0.25, 0.3) is 0 Å². The number of hydrogen-bond acceptors (Lipinski definition) is 5. The van der Waals surface area contributed by atoms with E-state index in [9.17, 15) is 19.5 Å². The first-order chi connectivity index (χ1) is 11.2. The standard InChI is InChI=1S/C16H18ClNO5S/c1-8(16(23)24-11-5-3-10(17)4-6-11)14-13(9(2)19)15(22)18(14)7-12(20)21/h3-6,8-9,13-14,19H,7H2,1-2H3,(H,20,21). The quantitative estimate of drug-likeness (QED) is 0.585. The fraction of sp³-hybridized carbons (Fsp3) is 0.438. The molecule has 1 aliphatic heterocycles. The monoisotopic (exact) mass is 371 g/mol. The molecule has 4 atom stereocenters. The number of likely N-dealkylation sites (tertiary alicyclic amines) is 1. The van der Waals surface area contributed by atoms with E-state index in [2.05, 4.69) is 0 Å². The van der Waals surface area contributed by atoms with Crippen molar-refractivity contribution in [3.05, 3.63) is 29.3 Å². The second-order valence-corrected chi connectivity index (χ2v) is 7.29. The van der Waals surface area contributed by atoms with Crippen LogP contribution in [0.4, 0.5) is 0 Å². The zero-order chi connectivity index (χ0) is 18.0. The first kappa shape index (κ1) is 18.8. The number of aliphatic hydroxyl groups is 1. The number of aliphatic carboxylic acids is 1. The van der Waals surface area contributed by atoms with Crippen molar-refractivity contribution >= 4 is 40.4 Å². The number of thioether (sulfide) groups is 1. The Morgan fingerprint density at radius 1 is 1.29 bits per heavy atom. The molecular formula is C16H18ClNO5S. The van der Waals surface area contributed by atoms with Crippen LogP contribution in [0.15, 0.2) is 29.2 Å². The summed E-state index contributed by atoms with van der Waals surface area (Å²) in [5, 5.41) is 19.1. The molecule has 24 heavy (non-hydrogen) atoms. The lowest BCUT2D eigenvalue weighted by atomic mass is 9.77. The number of halogens is 1. The molecule has 0 aliphatic carbocycles. The van der Waals surface area contributed by atoms with Gasteiger partial charge in [0.1, 0.15) is 6.54 Å². The van der Waals surface area contributed by atoms with Crippen LogP contribution < -0.4 is 0 Å². The summed E-state index contributed by atoms with van der Waals surface area (Å²) >= 11 is 6.82. The van der Waals surface area contributed by atoms with Crippen molar-refractivity contribution in [1.82, 2.24) is 4.90 Å². The number of carbonyl (C=O) groups excluding carboxylic acids is 2. The summed E-state index contributed by atoms with van der Waals surface area (Å²) in [5.74, 6) is -2.95. The van der Waals surface area contributed by atoms with Gasteiger partial charge in [-0.15, -0.1) is 0 Å². The number of β-lactam (4-membered cyclic amide) rings is 1. The van der Waals surface area contributed by atoms with E-state index in [1.165, 1.54) is 6.92 Å². The number of carboxylic acids is 1. The van der Waals surface area contributed by atoms with Crippen LogP contribution in [0.2, 0.25) is 5.02 Å². The highest BCUT2D eigenvalue weighted by Crippen LogP contribution is 2.37. The number of nitrogens with zero attached hydrogens (tertiary/aromatic N) is 1. The molecule has 4 unspecified atom stereocenters.